The van der Waals surface area contributed by atoms with Gasteiger partial charge in [-0.15, -0.1) is 0 Å². The second kappa shape index (κ2) is 10.2. The monoisotopic (exact) mass is 600 g/mol. The van der Waals surface area contributed by atoms with Crippen molar-refractivity contribution >= 4 is 23.5 Å². The molecule has 3 fully saturated rings. The second-order valence-electron chi connectivity index (χ2n) is 12.6. The van der Waals surface area contributed by atoms with Crippen LogP contribution in [0, 0.1) is 28.5 Å². The van der Waals surface area contributed by atoms with E-state index in [4.69, 9.17) is 11.6 Å². The van der Waals surface area contributed by atoms with Gasteiger partial charge in [0, 0.05) is 17.8 Å². The Morgan fingerprint density at radius 3 is 2.29 bits per heavy atom. The molecular formula is C28H33ClF4N4O4. The molecule has 3 atom stereocenters. The smallest absolute Gasteiger partial charge is 0.433 e. The molecule has 3 aliphatic rings. The second-order valence-corrected chi connectivity index (χ2v) is 13.0. The molecule has 0 radical (unpaired) electrons. The molecule has 0 aromatic carbocycles. The van der Waals surface area contributed by atoms with E-state index < -0.39 is 65.3 Å². The van der Waals surface area contributed by atoms with Crippen LogP contribution in [0.15, 0.2) is 18.6 Å². The number of aliphatic hydroxyl groups excluding tert-OH is 1. The predicted molar refractivity (Wildman–Crippen MR) is 139 cm³/mol. The Morgan fingerprint density at radius 1 is 1.15 bits per heavy atom. The lowest BCUT2D eigenvalue weighted by Crippen LogP contribution is -2.43. The van der Waals surface area contributed by atoms with Crippen LogP contribution in [0.1, 0.15) is 93.1 Å². The van der Waals surface area contributed by atoms with E-state index in [1.807, 2.05) is 0 Å². The molecule has 224 valence electrons. The topological polar surface area (TPSA) is 109 Å². The largest absolute Gasteiger partial charge is 0.481 e. The number of carbonyl (C=O) groups excluding carboxylic acids is 1. The Bertz CT molecular complexity index is 1320. The number of aliphatic carboxylic acids is 1. The van der Waals surface area contributed by atoms with Crippen LogP contribution in [0.4, 0.5) is 17.6 Å². The number of carbonyl (C=O) groups is 2. The maximum absolute atomic E-state index is 14.5. The average Bonchev–Trinajstić information content (AvgIpc) is 3.30. The lowest BCUT2D eigenvalue weighted by atomic mass is 9.74. The first-order valence-corrected chi connectivity index (χ1v) is 14.1. The molecule has 13 heteroatoms. The van der Waals surface area contributed by atoms with Gasteiger partial charge in [0.2, 0.25) is 0 Å². The van der Waals surface area contributed by atoms with Crippen LogP contribution in [0.2, 0.25) is 5.02 Å². The molecule has 3 aliphatic carbocycles. The van der Waals surface area contributed by atoms with Gasteiger partial charge < -0.3 is 15.1 Å². The minimum atomic E-state index is -4.93. The van der Waals surface area contributed by atoms with Crippen molar-refractivity contribution in [1.82, 2.24) is 19.7 Å². The zero-order valence-corrected chi connectivity index (χ0v) is 23.7. The number of aliphatic hydroxyl groups is 1. The quantitative estimate of drug-likeness (QED) is 0.383. The number of halogens is 5. The van der Waals surface area contributed by atoms with E-state index >= 15 is 0 Å². The van der Waals surface area contributed by atoms with Crippen LogP contribution >= 0.6 is 11.6 Å². The maximum Gasteiger partial charge on any atom is 0.433 e. The van der Waals surface area contributed by atoms with Gasteiger partial charge in [0.15, 0.2) is 5.69 Å². The van der Waals surface area contributed by atoms with Crippen molar-refractivity contribution in [2.75, 3.05) is 6.54 Å². The standard InChI is InChI=1S/C28H33ClF4N4O4/c1-26(2)17-8-15(9-18(17)26)36(13-21(38)22-19(29)11-34-12-20(22)30)24(39)16-10-35-37(23(16)28(31,32)33)14-4-6-27(3,7-5-14)25(40)41/h10-12,14-15,17-18,21,38H,4-9,13H2,1-3H3,(H,40,41). The van der Waals surface area contributed by atoms with E-state index in [0.717, 1.165) is 23.3 Å². The van der Waals surface area contributed by atoms with E-state index in [1.54, 1.807) is 6.92 Å². The van der Waals surface area contributed by atoms with E-state index in [0.29, 0.717) is 12.8 Å². The summed E-state index contributed by atoms with van der Waals surface area (Å²) in [4.78, 5) is 30.4. The third-order valence-corrected chi connectivity index (χ3v) is 10.2. The maximum atomic E-state index is 14.5. The van der Waals surface area contributed by atoms with Gasteiger partial charge in [-0.25, -0.2) is 4.39 Å². The van der Waals surface area contributed by atoms with Crippen LogP contribution in [-0.2, 0) is 11.0 Å². The predicted octanol–water partition coefficient (Wildman–Crippen LogP) is 5.91. The van der Waals surface area contributed by atoms with E-state index in [9.17, 15) is 37.4 Å². The first kappa shape index (κ1) is 29.8. The first-order chi connectivity index (χ1) is 19.1. The summed E-state index contributed by atoms with van der Waals surface area (Å²) in [6.45, 7) is 5.32. The Kier molecular flexibility index (Phi) is 7.41. The molecule has 3 saturated carbocycles. The summed E-state index contributed by atoms with van der Waals surface area (Å²) in [5, 5.41) is 24.3. The van der Waals surface area contributed by atoms with Crippen LogP contribution in [0.3, 0.4) is 0 Å². The van der Waals surface area contributed by atoms with Gasteiger partial charge >= 0.3 is 12.1 Å². The van der Waals surface area contributed by atoms with Gasteiger partial charge in [0.25, 0.3) is 5.91 Å². The van der Waals surface area contributed by atoms with Crippen molar-refractivity contribution in [3.05, 3.63) is 46.3 Å². The number of alkyl halides is 3. The summed E-state index contributed by atoms with van der Waals surface area (Å²) >= 11 is 6.08. The molecule has 2 aromatic heterocycles. The molecule has 3 unspecified atom stereocenters. The molecular weight excluding hydrogens is 568 g/mol. The highest BCUT2D eigenvalue weighted by molar-refractivity contribution is 6.31. The Labute approximate surface area is 239 Å². The van der Waals surface area contributed by atoms with E-state index in [1.165, 1.54) is 4.90 Å². The molecule has 41 heavy (non-hydrogen) atoms. The van der Waals surface area contributed by atoms with Crippen molar-refractivity contribution in [3.63, 3.8) is 0 Å². The van der Waals surface area contributed by atoms with Crippen molar-refractivity contribution in [2.24, 2.45) is 22.7 Å². The SMILES string of the molecule is CC1(C(=O)O)CCC(n2ncc(C(=O)N(CC(O)c3c(F)cncc3Cl)C3CC4C(C3)C4(C)C)c2C(F)(F)F)CC1. The highest BCUT2D eigenvalue weighted by atomic mass is 35.5. The Morgan fingerprint density at radius 2 is 1.76 bits per heavy atom. The lowest BCUT2D eigenvalue weighted by molar-refractivity contribution is -0.152. The number of carboxylic acids is 1. The molecule has 0 saturated heterocycles. The number of hydrogen-bond donors (Lipinski definition) is 2. The number of aromatic nitrogens is 3. The summed E-state index contributed by atoms with van der Waals surface area (Å²) in [5.74, 6) is -2.26. The molecule has 0 spiro atoms. The van der Waals surface area contributed by atoms with E-state index in [-0.39, 0.29) is 53.5 Å². The number of pyridine rings is 1. The zero-order valence-electron chi connectivity index (χ0n) is 23.0. The molecule has 2 heterocycles. The number of hydrogen-bond acceptors (Lipinski definition) is 5. The van der Waals surface area contributed by atoms with Crippen LogP contribution in [0.5, 0.6) is 0 Å². The average molecular weight is 601 g/mol. The van der Waals surface area contributed by atoms with Crippen molar-refractivity contribution in [2.45, 2.75) is 83.7 Å². The van der Waals surface area contributed by atoms with Crippen molar-refractivity contribution in [1.29, 1.82) is 0 Å². The molecule has 5 rings (SSSR count). The lowest BCUT2D eigenvalue weighted by Gasteiger charge is -2.35. The van der Waals surface area contributed by atoms with Gasteiger partial charge in [0.1, 0.15) is 11.9 Å². The number of carboxylic acid groups (broad SMARTS) is 1. The molecule has 1 amide bonds. The minimum absolute atomic E-state index is 0.0673. The van der Waals surface area contributed by atoms with Gasteiger partial charge in [-0.1, -0.05) is 25.4 Å². The highest BCUT2D eigenvalue weighted by Crippen LogP contribution is 2.67. The van der Waals surface area contributed by atoms with Crippen molar-refractivity contribution < 1.29 is 37.4 Å². The highest BCUT2D eigenvalue weighted by Gasteiger charge is 2.63. The molecule has 0 bridgehead atoms. The summed E-state index contributed by atoms with van der Waals surface area (Å²) in [7, 11) is 0. The third-order valence-electron chi connectivity index (χ3n) is 9.85. The zero-order chi connectivity index (χ0) is 30.1. The summed E-state index contributed by atoms with van der Waals surface area (Å²) in [5.41, 5.74) is -3.11. The molecule has 8 nitrogen and oxygen atoms in total. The number of nitrogens with zero attached hydrogens (tertiary/aromatic N) is 4. The third kappa shape index (κ3) is 5.22. The number of rotatable bonds is 7. The first-order valence-electron chi connectivity index (χ1n) is 13.7. The fourth-order valence-corrected chi connectivity index (χ4v) is 7.35. The minimum Gasteiger partial charge on any atom is -0.481 e. The summed E-state index contributed by atoms with van der Waals surface area (Å²) < 4.78 is 59.0. The molecule has 0 aliphatic heterocycles. The number of fused-ring (bicyclic) bond motifs is 1. The van der Waals surface area contributed by atoms with Crippen LogP contribution < -0.4 is 0 Å². The number of amides is 1. The van der Waals surface area contributed by atoms with E-state index in [2.05, 4.69) is 23.9 Å². The van der Waals surface area contributed by atoms with Gasteiger partial charge in [-0.2, -0.15) is 18.3 Å². The summed E-state index contributed by atoms with van der Waals surface area (Å²) in [6.07, 6.45) is -1.86. The van der Waals surface area contributed by atoms with Crippen LogP contribution in [-0.4, -0.2) is 54.3 Å². The molecule has 2 aromatic rings. The normalized spacial score (nSPS) is 29.6. The fourth-order valence-electron chi connectivity index (χ4n) is 7.08. The van der Waals surface area contributed by atoms with Gasteiger partial charge in [-0.3, -0.25) is 19.3 Å². The van der Waals surface area contributed by atoms with Gasteiger partial charge in [0.05, 0.1) is 41.0 Å². The van der Waals surface area contributed by atoms with Crippen molar-refractivity contribution in [3.8, 4) is 0 Å². The van der Waals surface area contributed by atoms with Gasteiger partial charge in [-0.05, 0) is 62.7 Å². The Hall–Kier alpha value is -2.73. The fraction of sp³-hybridized carbons (Fsp3) is 0.643. The molecule has 2 N–H and O–H groups in total. The Balaban J connectivity index is 1.47. The van der Waals surface area contributed by atoms with Crippen LogP contribution in [0.25, 0.3) is 0 Å². The summed E-state index contributed by atoms with van der Waals surface area (Å²) in [6, 6.07) is -1.19.